The van der Waals surface area contributed by atoms with Gasteiger partial charge in [0.15, 0.2) is 0 Å². The molecule has 0 saturated carbocycles. The minimum Gasteiger partial charge on any atom is -0.349 e. The van der Waals surface area contributed by atoms with E-state index in [-0.39, 0.29) is 5.91 Å². The molecule has 0 aromatic heterocycles. The van der Waals surface area contributed by atoms with Crippen molar-refractivity contribution >= 4 is 21.8 Å². The number of rotatable bonds is 2. The Morgan fingerprint density at radius 3 is 2.81 bits per heavy atom. The second-order valence-corrected chi connectivity index (χ2v) is 4.92. The minimum absolute atomic E-state index is 0.0215. The summed E-state index contributed by atoms with van der Waals surface area (Å²) in [5.41, 5.74) is 0.716. The van der Waals surface area contributed by atoms with Gasteiger partial charge < -0.3 is 10.6 Å². The van der Waals surface area contributed by atoms with Crippen molar-refractivity contribution in [3.8, 4) is 0 Å². The Labute approximate surface area is 104 Å². The van der Waals surface area contributed by atoms with Crippen molar-refractivity contribution in [2.45, 2.75) is 18.9 Å². The lowest BCUT2D eigenvalue weighted by Crippen LogP contribution is -2.42. The lowest BCUT2D eigenvalue weighted by atomic mass is 10.1. The number of piperidine rings is 1. The number of amides is 1. The highest BCUT2D eigenvalue weighted by Gasteiger charge is 2.16. The van der Waals surface area contributed by atoms with Crippen molar-refractivity contribution in [2.75, 3.05) is 13.1 Å². The number of halogens is 1. The Bertz CT molecular complexity index is 375. The Morgan fingerprint density at radius 2 is 2.12 bits per heavy atom. The quantitative estimate of drug-likeness (QED) is 0.870. The molecule has 0 atom stereocenters. The van der Waals surface area contributed by atoms with Gasteiger partial charge in [-0.2, -0.15) is 0 Å². The Balaban J connectivity index is 1.97. The van der Waals surface area contributed by atoms with Crippen molar-refractivity contribution in [3.63, 3.8) is 0 Å². The molecule has 0 bridgehead atoms. The summed E-state index contributed by atoms with van der Waals surface area (Å²) in [6, 6.07) is 7.79. The molecule has 1 heterocycles. The highest BCUT2D eigenvalue weighted by molar-refractivity contribution is 9.10. The summed E-state index contributed by atoms with van der Waals surface area (Å²) in [6.07, 6.45) is 2.03. The lowest BCUT2D eigenvalue weighted by Gasteiger charge is -2.23. The molecule has 1 saturated heterocycles. The molecule has 4 heteroatoms. The molecule has 1 amide bonds. The molecule has 1 fully saturated rings. The number of nitrogens with one attached hydrogen (secondary N) is 2. The smallest absolute Gasteiger partial charge is 0.251 e. The van der Waals surface area contributed by atoms with Crippen LogP contribution in [0.1, 0.15) is 23.2 Å². The van der Waals surface area contributed by atoms with Gasteiger partial charge in [-0.25, -0.2) is 0 Å². The van der Waals surface area contributed by atoms with Gasteiger partial charge in [-0.3, -0.25) is 4.79 Å². The molecule has 16 heavy (non-hydrogen) atoms. The van der Waals surface area contributed by atoms with Crippen molar-refractivity contribution in [1.29, 1.82) is 0 Å². The van der Waals surface area contributed by atoms with E-state index in [1.165, 1.54) is 0 Å². The van der Waals surface area contributed by atoms with Gasteiger partial charge in [-0.1, -0.05) is 22.0 Å². The van der Waals surface area contributed by atoms with E-state index in [0.717, 1.165) is 30.4 Å². The highest BCUT2D eigenvalue weighted by Crippen LogP contribution is 2.12. The normalized spacial score (nSPS) is 17.1. The van der Waals surface area contributed by atoms with Gasteiger partial charge in [-0.15, -0.1) is 0 Å². The van der Waals surface area contributed by atoms with E-state index in [4.69, 9.17) is 0 Å². The Hall–Kier alpha value is -0.870. The van der Waals surface area contributed by atoms with Crippen LogP contribution < -0.4 is 10.6 Å². The first kappa shape index (κ1) is 11.6. The number of benzene rings is 1. The standard InChI is InChI=1S/C12H15BrN2O/c13-10-3-1-2-9(8-10)12(16)15-11-4-6-14-7-5-11/h1-3,8,11,14H,4-7H2,(H,15,16). The lowest BCUT2D eigenvalue weighted by molar-refractivity contribution is 0.0929. The average Bonchev–Trinajstić information content (AvgIpc) is 2.30. The molecule has 2 N–H and O–H groups in total. The predicted octanol–water partition coefficient (Wildman–Crippen LogP) is 1.93. The third kappa shape index (κ3) is 3.06. The number of carbonyl (C=O) groups excluding carboxylic acids is 1. The zero-order valence-electron chi connectivity index (χ0n) is 9.00. The topological polar surface area (TPSA) is 41.1 Å². The summed E-state index contributed by atoms with van der Waals surface area (Å²) in [5.74, 6) is 0.0215. The second-order valence-electron chi connectivity index (χ2n) is 4.01. The molecule has 1 aliphatic heterocycles. The zero-order valence-corrected chi connectivity index (χ0v) is 10.6. The third-order valence-corrected chi connectivity index (χ3v) is 3.25. The number of hydrogen-bond donors (Lipinski definition) is 2. The first-order valence-corrected chi connectivity index (χ1v) is 6.32. The molecule has 1 aromatic rings. The maximum atomic E-state index is 11.9. The summed E-state index contributed by atoms with van der Waals surface area (Å²) in [7, 11) is 0. The maximum Gasteiger partial charge on any atom is 0.251 e. The van der Waals surface area contributed by atoms with Crippen molar-refractivity contribution in [1.82, 2.24) is 10.6 Å². The minimum atomic E-state index is 0.0215. The van der Waals surface area contributed by atoms with Crippen LogP contribution in [0, 0.1) is 0 Å². The van der Waals surface area contributed by atoms with Gasteiger partial charge in [-0.05, 0) is 44.1 Å². The summed E-state index contributed by atoms with van der Waals surface area (Å²) in [6.45, 7) is 1.98. The van der Waals surface area contributed by atoms with E-state index >= 15 is 0 Å². The van der Waals surface area contributed by atoms with Crippen molar-refractivity contribution in [3.05, 3.63) is 34.3 Å². The molecule has 86 valence electrons. The maximum absolute atomic E-state index is 11.9. The van der Waals surface area contributed by atoms with Crippen LogP contribution in [0.2, 0.25) is 0 Å². The monoisotopic (exact) mass is 282 g/mol. The van der Waals surface area contributed by atoms with Crippen LogP contribution in [0.4, 0.5) is 0 Å². The molecular formula is C12H15BrN2O. The van der Waals surface area contributed by atoms with E-state index in [2.05, 4.69) is 26.6 Å². The zero-order chi connectivity index (χ0) is 11.4. The first-order chi connectivity index (χ1) is 7.75. The van der Waals surface area contributed by atoms with Gasteiger partial charge in [0.25, 0.3) is 5.91 Å². The average molecular weight is 283 g/mol. The van der Waals surface area contributed by atoms with Crippen LogP contribution in [-0.2, 0) is 0 Å². The summed E-state index contributed by atoms with van der Waals surface area (Å²) >= 11 is 3.37. The fourth-order valence-corrected chi connectivity index (χ4v) is 2.26. The molecule has 0 radical (unpaired) electrons. The van der Waals surface area contributed by atoms with Gasteiger partial charge >= 0.3 is 0 Å². The van der Waals surface area contributed by atoms with Crippen LogP contribution in [0.3, 0.4) is 0 Å². The molecule has 0 spiro atoms. The predicted molar refractivity (Wildman–Crippen MR) is 67.5 cm³/mol. The number of hydrogen-bond acceptors (Lipinski definition) is 2. The van der Waals surface area contributed by atoms with E-state index in [0.29, 0.717) is 11.6 Å². The highest BCUT2D eigenvalue weighted by atomic mass is 79.9. The molecular weight excluding hydrogens is 268 g/mol. The molecule has 1 aliphatic rings. The SMILES string of the molecule is O=C(NC1CCNCC1)c1cccc(Br)c1. The number of carbonyl (C=O) groups is 1. The van der Waals surface area contributed by atoms with E-state index < -0.39 is 0 Å². The molecule has 0 unspecified atom stereocenters. The largest absolute Gasteiger partial charge is 0.349 e. The summed E-state index contributed by atoms with van der Waals surface area (Å²) < 4.78 is 0.936. The van der Waals surface area contributed by atoms with Crippen LogP contribution >= 0.6 is 15.9 Å². The van der Waals surface area contributed by atoms with Gasteiger partial charge in [0.05, 0.1) is 0 Å². The van der Waals surface area contributed by atoms with E-state index in [1.54, 1.807) is 0 Å². The van der Waals surface area contributed by atoms with Crippen LogP contribution in [-0.4, -0.2) is 25.0 Å². The molecule has 2 rings (SSSR count). The molecule has 3 nitrogen and oxygen atoms in total. The van der Waals surface area contributed by atoms with E-state index in [1.807, 2.05) is 24.3 Å². The fraction of sp³-hybridized carbons (Fsp3) is 0.417. The molecule has 0 aliphatic carbocycles. The van der Waals surface area contributed by atoms with Crippen molar-refractivity contribution < 1.29 is 4.79 Å². The first-order valence-electron chi connectivity index (χ1n) is 5.53. The fourth-order valence-electron chi connectivity index (χ4n) is 1.86. The summed E-state index contributed by atoms with van der Waals surface area (Å²) in [5, 5.41) is 6.34. The molecule has 1 aromatic carbocycles. The van der Waals surface area contributed by atoms with Gasteiger partial charge in [0.1, 0.15) is 0 Å². The summed E-state index contributed by atoms with van der Waals surface area (Å²) in [4.78, 5) is 11.9. The Morgan fingerprint density at radius 1 is 1.38 bits per heavy atom. The van der Waals surface area contributed by atoms with Crippen LogP contribution in [0.5, 0.6) is 0 Å². The third-order valence-electron chi connectivity index (χ3n) is 2.76. The van der Waals surface area contributed by atoms with Crippen LogP contribution in [0.15, 0.2) is 28.7 Å². The van der Waals surface area contributed by atoms with Gasteiger partial charge in [0, 0.05) is 16.1 Å². The second kappa shape index (κ2) is 5.46. The van der Waals surface area contributed by atoms with Gasteiger partial charge in [0.2, 0.25) is 0 Å². The van der Waals surface area contributed by atoms with Crippen molar-refractivity contribution in [2.24, 2.45) is 0 Å². The Kier molecular flexibility index (Phi) is 3.96. The van der Waals surface area contributed by atoms with E-state index in [9.17, 15) is 4.79 Å². The van der Waals surface area contributed by atoms with Crippen LogP contribution in [0.25, 0.3) is 0 Å².